The maximum absolute atomic E-state index is 10.7. The van der Waals surface area contributed by atoms with Crippen LogP contribution >= 0.6 is 23.7 Å². The minimum absolute atomic E-state index is 0. The molecule has 1 aliphatic rings. The molecule has 1 aromatic heterocycles. The Labute approximate surface area is 132 Å². The van der Waals surface area contributed by atoms with E-state index < -0.39 is 4.92 Å². The summed E-state index contributed by atoms with van der Waals surface area (Å²) < 4.78 is 0.967. The van der Waals surface area contributed by atoms with E-state index in [1.54, 1.807) is 6.07 Å². The summed E-state index contributed by atoms with van der Waals surface area (Å²) in [7, 11) is 0. The molecule has 2 heterocycles. The first kappa shape index (κ1) is 15.9. The molecule has 8 heteroatoms. The molecule has 21 heavy (non-hydrogen) atoms. The molecule has 0 spiro atoms. The third-order valence-corrected chi connectivity index (χ3v) is 4.49. The first-order chi connectivity index (χ1) is 9.72. The number of thiazole rings is 1. The van der Waals surface area contributed by atoms with Crippen molar-refractivity contribution in [3.8, 4) is 0 Å². The van der Waals surface area contributed by atoms with E-state index in [0.717, 1.165) is 22.9 Å². The van der Waals surface area contributed by atoms with Crippen molar-refractivity contribution < 1.29 is 4.92 Å². The number of rotatable bonds is 4. The molecule has 0 amide bonds. The number of hydrogen-bond acceptors (Lipinski definition) is 6. The van der Waals surface area contributed by atoms with Crippen molar-refractivity contribution in [3.05, 3.63) is 28.3 Å². The molecule has 0 saturated carbocycles. The lowest BCUT2D eigenvalue weighted by Crippen LogP contribution is -2.39. The van der Waals surface area contributed by atoms with Crippen molar-refractivity contribution >= 4 is 44.8 Å². The zero-order chi connectivity index (χ0) is 13.9. The lowest BCUT2D eigenvalue weighted by molar-refractivity contribution is -0.384. The number of nitrogens with one attached hydrogen (secondary N) is 2. The van der Waals surface area contributed by atoms with Crippen molar-refractivity contribution in [2.45, 2.75) is 25.3 Å². The van der Waals surface area contributed by atoms with Gasteiger partial charge in [0.1, 0.15) is 0 Å². The van der Waals surface area contributed by atoms with Gasteiger partial charge in [0.05, 0.1) is 15.1 Å². The molecule has 1 unspecified atom stereocenters. The van der Waals surface area contributed by atoms with E-state index in [1.807, 2.05) is 0 Å². The summed E-state index contributed by atoms with van der Waals surface area (Å²) in [4.78, 5) is 14.8. The van der Waals surface area contributed by atoms with Gasteiger partial charge in [-0.25, -0.2) is 4.98 Å². The number of halogens is 1. The van der Waals surface area contributed by atoms with E-state index in [4.69, 9.17) is 0 Å². The highest BCUT2D eigenvalue weighted by Crippen LogP contribution is 2.28. The highest BCUT2D eigenvalue weighted by atomic mass is 35.5. The van der Waals surface area contributed by atoms with E-state index in [-0.39, 0.29) is 18.1 Å². The molecule has 0 radical (unpaired) electrons. The van der Waals surface area contributed by atoms with E-state index >= 15 is 0 Å². The molecule has 0 bridgehead atoms. The summed E-state index contributed by atoms with van der Waals surface area (Å²) in [5.74, 6) is 0. The molecule has 2 N–H and O–H groups in total. The molecule has 0 aliphatic carbocycles. The standard InChI is InChI=1S/C13H16N4O2S.ClH/c18-17(19)10-4-5-12-11(7-10)16-13(20-12)15-8-9-3-1-2-6-14-9;/h4-5,7,9,14H,1-3,6,8H2,(H,15,16);1H. The Bertz CT molecular complexity index is 628. The number of nitrogens with zero attached hydrogens (tertiary/aromatic N) is 2. The smallest absolute Gasteiger partial charge is 0.271 e. The molecular formula is C13H17ClN4O2S. The molecule has 1 aliphatic heterocycles. The third kappa shape index (κ3) is 3.81. The molecule has 6 nitrogen and oxygen atoms in total. The highest BCUT2D eigenvalue weighted by molar-refractivity contribution is 7.22. The van der Waals surface area contributed by atoms with Crippen LogP contribution < -0.4 is 10.6 Å². The number of anilines is 1. The fourth-order valence-corrected chi connectivity index (χ4v) is 3.27. The van der Waals surface area contributed by atoms with Gasteiger partial charge in [0.15, 0.2) is 5.13 Å². The Morgan fingerprint density at radius 2 is 2.33 bits per heavy atom. The van der Waals surface area contributed by atoms with Crippen LogP contribution in [0.25, 0.3) is 10.2 Å². The Kier molecular flexibility index (Phi) is 5.33. The number of hydrogen-bond donors (Lipinski definition) is 2. The van der Waals surface area contributed by atoms with E-state index in [0.29, 0.717) is 11.6 Å². The van der Waals surface area contributed by atoms with Gasteiger partial charge in [-0.3, -0.25) is 10.1 Å². The van der Waals surface area contributed by atoms with Gasteiger partial charge in [0.25, 0.3) is 5.69 Å². The molecule has 3 rings (SSSR count). The van der Waals surface area contributed by atoms with E-state index in [9.17, 15) is 10.1 Å². The quantitative estimate of drug-likeness (QED) is 0.665. The number of nitro groups is 1. The van der Waals surface area contributed by atoms with Crippen molar-refractivity contribution in [2.24, 2.45) is 0 Å². The number of non-ortho nitro benzene ring substituents is 1. The van der Waals surface area contributed by atoms with E-state index in [1.165, 1.54) is 42.7 Å². The summed E-state index contributed by atoms with van der Waals surface area (Å²) in [6, 6.07) is 5.29. The molecule has 2 aromatic rings. The van der Waals surface area contributed by atoms with E-state index in [2.05, 4.69) is 15.6 Å². The summed E-state index contributed by atoms with van der Waals surface area (Å²) >= 11 is 1.53. The van der Waals surface area contributed by atoms with Gasteiger partial charge in [0.2, 0.25) is 0 Å². The van der Waals surface area contributed by atoms with Gasteiger partial charge in [0, 0.05) is 24.7 Å². The number of piperidine rings is 1. The highest BCUT2D eigenvalue weighted by Gasteiger charge is 2.14. The monoisotopic (exact) mass is 328 g/mol. The molecule has 1 atom stereocenters. The first-order valence-electron chi connectivity index (χ1n) is 6.74. The fraction of sp³-hybridized carbons (Fsp3) is 0.462. The number of nitro benzene ring substituents is 1. The van der Waals surface area contributed by atoms with Crippen LogP contribution in [0.15, 0.2) is 18.2 Å². The van der Waals surface area contributed by atoms with Gasteiger partial charge in [-0.05, 0) is 25.5 Å². The lowest BCUT2D eigenvalue weighted by atomic mass is 10.1. The van der Waals surface area contributed by atoms with Crippen LogP contribution in [0, 0.1) is 10.1 Å². The summed E-state index contributed by atoms with van der Waals surface area (Å²) in [5.41, 5.74) is 0.770. The Balaban J connectivity index is 0.00000161. The molecule has 114 valence electrons. The minimum atomic E-state index is -0.391. The summed E-state index contributed by atoms with van der Waals surface area (Å²) in [5, 5.41) is 18.4. The van der Waals surface area contributed by atoms with Crippen LogP contribution in [-0.2, 0) is 0 Å². The van der Waals surface area contributed by atoms with Crippen LogP contribution in [0.5, 0.6) is 0 Å². The van der Waals surface area contributed by atoms with Gasteiger partial charge in [-0.2, -0.15) is 0 Å². The molecule has 1 aromatic carbocycles. The maximum Gasteiger partial charge on any atom is 0.271 e. The normalized spacial score (nSPS) is 18.2. The van der Waals surface area contributed by atoms with Crippen molar-refractivity contribution in [2.75, 3.05) is 18.4 Å². The SMILES string of the molecule is Cl.O=[N+]([O-])c1ccc2sc(NCC3CCCCN3)nc2c1. The fourth-order valence-electron chi connectivity index (χ4n) is 2.41. The summed E-state index contributed by atoms with van der Waals surface area (Å²) in [6.07, 6.45) is 3.70. The van der Waals surface area contributed by atoms with Gasteiger partial charge in [-0.1, -0.05) is 17.8 Å². The Morgan fingerprint density at radius 3 is 3.05 bits per heavy atom. The lowest BCUT2D eigenvalue weighted by Gasteiger charge is -2.23. The summed E-state index contributed by atoms with van der Waals surface area (Å²) in [6.45, 7) is 1.93. The zero-order valence-electron chi connectivity index (χ0n) is 11.4. The van der Waals surface area contributed by atoms with Crippen LogP contribution in [0.4, 0.5) is 10.8 Å². The average Bonchev–Trinajstić information content (AvgIpc) is 2.88. The Morgan fingerprint density at radius 1 is 1.48 bits per heavy atom. The second-order valence-electron chi connectivity index (χ2n) is 4.96. The van der Waals surface area contributed by atoms with Gasteiger partial charge in [-0.15, -0.1) is 12.4 Å². The van der Waals surface area contributed by atoms with Crippen molar-refractivity contribution in [1.82, 2.24) is 10.3 Å². The van der Waals surface area contributed by atoms with Crippen LogP contribution in [-0.4, -0.2) is 29.0 Å². The number of fused-ring (bicyclic) bond motifs is 1. The predicted octanol–water partition coefficient (Wildman–Crippen LogP) is 3.18. The predicted molar refractivity (Wildman–Crippen MR) is 87.7 cm³/mol. The number of aromatic nitrogens is 1. The molecule has 1 fully saturated rings. The zero-order valence-corrected chi connectivity index (χ0v) is 13.0. The maximum atomic E-state index is 10.7. The second-order valence-corrected chi connectivity index (χ2v) is 5.99. The molecular weight excluding hydrogens is 312 g/mol. The van der Waals surface area contributed by atoms with Crippen LogP contribution in [0.2, 0.25) is 0 Å². The third-order valence-electron chi connectivity index (χ3n) is 3.49. The van der Waals surface area contributed by atoms with Crippen LogP contribution in [0.3, 0.4) is 0 Å². The first-order valence-corrected chi connectivity index (χ1v) is 7.56. The van der Waals surface area contributed by atoms with Gasteiger partial charge >= 0.3 is 0 Å². The number of benzene rings is 1. The minimum Gasteiger partial charge on any atom is -0.360 e. The van der Waals surface area contributed by atoms with Crippen molar-refractivity contribution in [1.29, 1.82) is 0 Å². The Hall–Kier alpha value is -1.44. The second kappa shape index (κ2) is 7.02. The largest absolute Gasteiger partial charge is 0.360 e. The van der Waals surface area contributed by atoms with Crippen LogP contribution in [0.1, 0.15) is 19.3 Å². The average molecular weight is 329 g/mol. The van der Waals surface area contributed by atoms with Gasteiger partial charge < -0.3 is 10.6 Å². The molecule has 1 saturated heterocycles. The topological polar surface area (TPSA) is 80.1 Å². The van der Waals surface area contributed by atoms with Crippen molar-refractivity contribution in [3.63, 3.8) is 0 Å².